The first-order valence-electron chi connectivity index (χ1n) is 6.12. The lowest BCUT2D eigenvalue weighted by Crippen LogP contribution is -2.42. The summed E-state index contributed by atoms with van der Waals surface area (Å²) in [6.07, 6.45) is 5.25. The highest BCUT2D eigenvalue weighted by Gasteiger charge is 2.21. The molecule has 0 aromatic rings. The maximum absolute atomic E-state index is 6.08. The van der Waals surface area contributed by atoms with E-state index in [0.717, 1.165) is 18.5 Å². The lowest BCUT2D eigenvalue weighted by molar-refractivity contribution is 0.390. The van der Waals surface area contributed by atoms with Gasteiger partial charge in [-0.05, 0) is 31.1 Å². The molecule has 2 heteroatoms. The number of hydrogen-bond donors (Lipinski definition) is 2. The molecule has 3 N–H and O–H groups in total. The van der Waals surface area contributed by atoms with Gasteiger partial charge in [-0.1, -0.05) is 27.2 Å². The van der Waals surface area contributed by atoms with Crippen LogP contribution in [0.2, 0.25) is 0 Å². The molecule has 0 bridgehead atoms. The second kappa shape index (κ2) is 5.72. The van der Waals surface area contributed by atoms with Gasteiger partial charge < -0.3 is 11.1 Å². The molecule has 14 heavy (non-hydrogen) atoms. The molecule has 0 radical (unpaired) electrons. The molecule has 4 unspecified atom stereocenters. The first kappa shape index (κ1) is 12.0. The van der Waals surface area contributed by atoms with Gasteiger partial charge in [0.15, 0.2) is 0 Å². The molecule has 1 aliphatic carbocycles. The van der Waals surface area contributed by atoms with E-state index in [0.29, 0.717) is 12.0 Å². The third-order valence-corrected chi connectivity index (χ3v) is 3.71. The van der Waals surface area contributed by atoms with Gasteiger partial charge in [0.1, 0.15) is 0 Å². The number of nitrogens with two attached hydrogens (primary N) is 1. The van der Waals surface area contributed by atoms with Gasteiger partial charge in [0, 0.05) is 18.6 Å². The zero-order valence-corrected chi connectivity index (χ0v) is 9.92. The van der Waals surface area contributed by atoms with E-state index < -0.39 is 0 Å². The normalized spacial score (nSPS) is 31.7. The second-order valence-electron chi connectivity index (χ2n) is 5.07. The van der Waals surface area contributed by atoms with E-state index in [2.05, 4.69) is 26.1 Å². The van der Waals surface area contributed by atoms with Crippen molar-refractivity contribution < 1.29 is 0 Å². The van der Waals surface area contributed by atoms with Gasteiger partial charge in [-0.2, -0.15) is 0 Å². The van der Waals surface area contributed by atoms with Crippen molar-refractivity contribution in [1.29, 1.82) is 0 Å². The highest BCUT2D eigenvalue weighted by atomic mass is 14.9. The van der Waals surface area contributed by atoms with Crippen LogP contribution in [0.15, 0.2) is 0 Å². The van der Waals surface area contributed by atoms with E-state index in [1.165, 1.54) is 25.7 Å². The minimum atomic E-state index is 0.330. The maximum Gasteiger partial charge on any atom is 0.0191 e. The van der Waals surface area contributed by atoms with Gasteiger partial charge in [0.2, 0.25) is 0 Å². The maximum atomic E-state index is 6.08. The van der Waals surface area contributed by atoms with E-state index in [-0.39, 0.29) is 0 Å². The van der Waals surface area contributed by atoms with E-state index in [4.69, 9.17) is 5.73 Å². The molecule has 1 rings (SSSR count). The highest BCUT2D eigenvalue weighted by molar-refractivity contribution is 4.80. The molecule has 1 saturated carbocycles. The molecule has 0 aliphatic heterocycles. The summed E-state index contributed by atoms with van der Waals surface area (Å²) in [5.74, 6) is 1.55. The zero-order chi connectivity index (χ0) is 10.6. The summed E-state index contributed by atoms with van der Waals surface area (Å²) in [6.45, 7) is 7.79. The number of nitrogens with one attached hydrogen (secondary N) is 1. The molecule has 1 fully saturated rings. The molecule has 4 atom stereocenters. The van der Waals surface area contributed by atoms with Crippen molar-refractivity contribution in [2.75, 3.05) is 6.54 Å². The van der Waals surface area contributed by atoms with Crippen LogP contribution >= 0.6 is 0 Å². The van der Waals surface area contributed by atoms with Gasteiger partial charge in [0.05, 0.1) is 0 Å². The summed E-state index contributed by atoms with van der Waals surface area (Å²) < 4.78 is 0. The van der Waals surface area contributed by atoms with Crippen molar-refractivity contribution in [2.24, 2.45) is 17.6 Å². The van der Waals surface area contributed by atoms with Crippen molar-refractivity contribution in [3.63, 3.8) is 0 Å². The first-order valence-corrected chi connectivity index (χ1v) is 6.12. The fraction of sp³-hybridized carbons (Fsp3) is 1.00. The smallest absolute Gasteiger partial charge is 0.0191 e. The van der Waals surface area contributed by atoms with Crippen LogP contribution in [0.4, 0.5) is 0 Å². The Labute approximate surface area is 88.6 Å². The monoisotopic (exact) mass is 198 g/mol. The standard InChI is InChI=1S/C12H26N2/c1-4-10(3)12(13)8-14-11-6-5-9(2)7-11/h9-12,14H,4-8,13H2,1-3H3. The average molecular weight is 198 g/mol. The third-order valence-electron chi connectivity index (χ3n) is 3.71. The average Bonchev–Trinajstić information content (AvgIpc) is 2.59. The summed E-state index contributed by atoms with van der Waals surface area (Å²) in [6, 6.07) is 1.07. The van der Waals surface area contributed by atoms with Crippen molar-refractivity contribution in [3.8, 4) is 0 Å². The van der Waals surface area contributed by atoms with Crippen molar-refractivity contribution >= 4 is 0 Å². The van der Waals surface area contributed by atoms with Crippen molar-refractivity contribution in [1.82, 2.24) is 5.32 Å². The van der Waals surface area contributed by atoms with Crippen LogP contribution < -0.4 is 11.1 Å². The van der Waals surface area contributed by atoms with Crippen molar-refractivity contribution in [2.45, 2.75) is 58.5 Å². The molecular weight excluding hydrogens is 172 g/mol. The molecule has 0 heterocycles. The molecule has 0 amide bonds. The van der Waals surface area contributed by atoms with Crippen LogP contribution in [0.5, 0.6) is 0 Å². The zero-order valence-electron chi connectivity index (χ0n) is 9.92. The minimum absolute atomic E-state index is 0.330. The minimum Gasteiger partial charge on any atom is -0.326 e. The summed E-state index contributed by atoms with van der Waals surface area (Å²) in [5, 5.41) is 3.60. The van der Waals surface area contributed by atoms with Crippen LogP contribution in [0.3, 0.4) is 0 Å². The van der Waals surface area contributed by atoms with E-state index >= 15 is 0 Å². The second-order valence-corrected chi connectivity index (χ2v) is 5.07. The van der Waals surface area contributed by atoms with Gasteiger partial charge in [0.25, 0.3) is 0 Å². The largest absolute Gasteiger partial charge is 0.326 e. The Balaban J connectivity index is 2.14. The Bertz CT molecular complexity index is 156. The fourth-order valence-corrected chi connectivity index (χ4v) is 2.20. The summed E-state index contributed by atoms with van der Waals surface area (Å²) in [5.41, 5.74) is 6.08. The van der Waals surface area contributed by atoms with E-state index in [1.54, 1.807) is 0 Å². The predicted octanol–water partition coefficient (Wildman–Crippen LogP) is 2.14. The Kier molecular flexibility index (Phi) is 4.90. The molecule has 0 saturated heterocycles. The van der Waals surface area contributed by atoms with E-state index in [9.17, 15) is 0 Å². The van der Waals surface area contributed by atoms with Gasteiger partial charge in [-0.25, -0.2) is 0 Å². The Morgan fingerprint density at radius 2 is 2.14 bits per heavy atom. The van der Waals surface area contributed by atoms with Gasteiger partial charge >= 0.3 is 0 Å². The van der Waals surface area contributed by atoms with E-state index in [1.807, 2.05) is 0 Å². The molecule has 0 spiro atoms. The molecule has 84 valence electrons. The van der Waals surface area contributed by atoms with Crippen molar-refractivity contribution in [3.05, 3.63) is 0 Å². The Morgan fingerprint density at radius 3 is 2.64 bits per heavy atom. The number of hydrogen-bond acceptors (Lipinski definition) is 2. The molecule has 0 aromatic heterocycles. The van der Waals surface area contributed by atoms with Gasteiger partial charge in [-0.3, -0.25) is 0 Å². The van der Waals surface area contributed by atoms with Crippen LogP contribution in [-0.4, -0.2) is 18.6 Å². The highest BCUT2D eigenvalue weighted by Crippen LogP contribution is 2.24. The fourth-order valence-electron chi connectivity index (χ4n) is 2.20. The Morgan fingerprint density at radius 1 is 1.43 bits per heavy atom. The van der Waals surface area contributed by atoms with Crippen LogP contribution in [0.25, 0.3) is 0 Å². The van der Waals surface area contributed by atoms with Gasteiger partial charge in [-0.15, -0.1) is 0 Å². The summed E-state index contributed by atoms with van der Waals surface area (Å²) in [7, 11) is 0. The third kappa shape index (κ3) is 3.58. The van der Waals surface area contributed by atoms with Crippen LogP contribution in [-0.2, 0) is 0 Å². The first-order chi connectivity index (χ1) is 6.63. The molecule has 0 aromatic carbocycles. The summed E-state index contributed by atoms with van der Waals surface area (Å²) in [4.78, 5) is 0. The van der Waals surface area contributed by atoms with Crippen LogP contribution in [0, 0.1) is 11.8 Å². The lowest BCUT2D eigenvalue weighted by atomic mass is 10.00. The molecule has 1 aliphatic rings. The quantitative estimate of drug-likeness (QED) is 0.710. The topological polar surface area (TPSA) is 38.0 Å². The SMILES string of the molecule is CCC(C)C(N)CNC1CCC(C)C1. The van der Waals surface area contributed by atoms with Crippen LogP contribution in [0.1, 0.15) is 46.5 Å². The molecule has 2 nitrogen and oxygen atoms in total. The Hall–Kier alpha value is -0.0800. The lowest BCUT2D eigenvalue weighted by Gasteiger charge is -2.21. The number of rotatable bonds is 5. The predicted molar refractivity (Wildman–Crippen MR) is 62.2 cm³/mol. The molecular formula is C12H26N2. The summed E-state index contributed by atoms with van der Waals surface area (Å²) >= 11 is 0.